The number of carboxylic acid groups (broad SMARTS) is 1. The van der Waals surface area contributed by atoms with Crippen LogP contribution in [0.5, 0.6) is 0 Å². The van der Waals surface area contributed by atoms with Crippen molar-refractivity contribution in [2.24, 2.45) is 5.41 Å². The van der Waals surface area contributed by atoms with E-state index in [0.29, 0.717) is 13.0 Å². The molecule has 4 atom stereocenters. The Balaban J connectivity index is 2.87. The zero-order valence-electron chi connectivity index (χ0n) is 12.5. The molecule has 0 amide bonds. The minimum absolute atomic E-state index is 0.384. The highest BCUT2D eigenvalue weighted by Gasteiger charge is 2.42. The van der Waals surface area contributed by atoms with Crippen LogP contribution in [0.1, 0.15) is 33.6 Å². The average Bonchev–Trinajstić information content (AvgIpc) is 2.82. The molecule has 0 aromatic carbocycles. The zero-order chi connectivity index (χ0) is 15.5. The number of aliphatic hydroxyl groups excluding tert-OH is 2. The van der Waals surface area contributed by atoms with Crippen LogP contribution >= 0.6 is 0 Å². The Morgan fingerprint density at radius 1 is 1.40 bits per heavy atom. The maximum Gasteiger partial charge on any atom is 0.320 e. The summed E-state index contributed by atoms with van der Waals surface area (Å²) < 4.78 is 4.76. The van der Waals surface area contributed by atoms with Crippen molar-refractivity contribution in [3.05, 3.63) is 0 Å². The smallest absolute Gasteiger partial charge is 0.320 e. The van der Waals surface area contributed by atoms with Gasteiger partial charge in [-0.2, -0.15) is 0 Å². The maximum absolute atomic E-state index is 11.2. The fourth-order valence-electron chi connectivity index (χ4n) is 2.57. The van der Waals surface area contributed by atoms with Crippen LogP contribution in [0.2, 0.25) is 0 Å². The summed E-state index contributed by atoms with van der Waals surface area (Å²) in [5, 5.41) is 32.1. The summed E-state index contributed by atoms with van der Waals surface area (Å²) in [6, 6.07) is -1.21. The highest BCUT2D eigenvalue weighted by molar-refractivity contribution is 5.73. The van der Waals surface area contributed by atoms with Crippen LogP contribution in [0.3, 0.4) is 0 Å². The predicted molar refractivity (Wildman–Crippen MR) is 72.8 cm³/mol. The molecule has 1 heterocycles. The fourth-order valence-corrected chi connectivity index (χ4v) is 2.57. The molecule has 7 nitrogen and oxygen atoms in total. The lowest BCUT2D eigenvalue weighted by atomic mass is 9.85. The maximum atomic E-state index is 11.2. The van der Waals surface area contributed by atoms with Gasteiger partial charge in [0.2, 0.25) is 6.41 Å². The van der Waals surface area contributed by atoms with Crippen molar-refractivity contribution in [3.8, 4) is 0 Å². The van der Waals surface area contributed by atoms with Crippen molar-refractivity contribution in [1.29, 1.82) is 0 Å². The van der Waals surface area contributed by atoms with Gasteiger partial charge < -0.3 is 20.1 Å². The molecule has 0 radical (unpaired) electrons. The number of nitrogens with zero attached hydrogens (tertiary/aromatic N) is 1. The fraction of sp³-hybridized carbons (Fsp3) is 0.923. The van der Waals surface area contributed by atoms with E-state index in [4.69, 9.17) is 4.74 Å². The van der Waals surface area contributed by atoms with E-state index in [0.717, 1.165) is 6.42 Å². The van der Waals surface area contributed by atoms with Gasteiger partial charge in [0.25, 0.3) is 0 Å². The van der Waals surface area contributed by atoms with Crippen LogP contribution in [-0.4, -0.2) is 64.6 Å². The van der Waals surface area contributed by atoms with Crippen molar-refractivity contribution in [2.45, 2.75) is 58.3 Å². The molecular weight excluding hydrogens is 264 g/mol. The third-order valence-corrected chi connectivity index (χ3v) is 3.70. The van der Waals surface area contributed by atoms with Gasteiger partial charge in [-0.3, -0.25) is 15.0 Å². The number of carbonyl (C=O) groups is 1. The van der Waals surface area contributed by atoms with Crippen LogP contribution in [0, 0.1) is 5.41 Å². The molecule has 1 aliphatic heterocycles. The number of methoxy groups -OCH3 is 1. The number of rotatable bonds is 6. The second kappa shape index (κ2) is 6.82. The van der Waals surface area contributed by atoms with Crippen molar-refractivity contribution in [1.82, 2.24) is 10.2 Å². The van der Waals surface area contributed by atoms with Crippen LogP contribution < -0.4 is 5.32 Å². The van der Waals surface area contributed by atoms with E-state index in [-0.39, 0.29) is 5.41 Å². The van der Waals surface area contributed by atoms with Gasteiger partial charge in [0.1, 0.15) is 12.3 Å². The van der Waals surface area contributed by atoms with Crippen molar-refractivity contribution in [3.63, 3.8) is 0 Å². The first kappa shape index (κ1) is 17.3. The molecule has 1 aliphatic rings. The summed E-state index contributed by atoms with van der Waals surface area (Å²) in [6.07, 6.45) is -0.962. The Kier molecular flexibility index (Phi) is 5.91. The van der Waals surface area contributed by atoms with Gasteiger partial charge in [-0.05, 0) is 18.3 Å². The minimum Gasteiger partial charge on any atom is -0.480 e. The summed E-state index contributed by atoms with van der Waals surface area (Å²) in [5.74, 6) is -0.929. The summed E-state index contributed by atoms with van der Waals surface area (Å²) in [6.45, 7) is 6.24. The Hall–Kier alpha value is -0.730. The van der Waals surface area contributed by atoms with Crippen LogP contribution in [0.4, 0.5) is 0 Å². The van der Waals surface area contributed by atoms with Crippen molar-refractivity contribution >= 4 is 5.97 Å². The Morgan fingerprint density at radius 3 is 2.45 bits per heavy atom. The molecule has 0 spiro atoms. The first-order valence-electron chi connectivity index (χ1n) is 6.82. The first-order valence-corrected chi connectivity index (χ1v) is 6.82. The quantitative estimate of drug-likeness (QED) is 0.502. The molecule has 4 N–H and O–H groups in total. The van der Waals surface area contributed by atoms with E-state index in [9.17, 15) is 20.1 Å². The van der Waals surface area contributed by atoms with E-state index >= 15 is 0 Å². The third kappa shape index (κ3) is 4.13. The Labute approximate surface area is 119 Å². The van der Waals surface area contributed by atoms with Gasteiger partial charge in [-0.25, -0.2) is 0 Å². The molecule has 0 aromatic rings. The van der Waals surface area contributed by atoms with Gasteiger partial charge in [-0.1, -0.05) is 20.8 Å². The number of carboxylic acids is 1. The molecule has 20 heavy (non-hydrogen) atoms. The highest BCUT2D eigenvalue weighted by atomic mass is 16.6. The molecule has 0 aromatic heterocycles. The summed E-state index contributed by atoms with van der Waals surface area (Å²) in [5.41, 5.74) is -0.384. The molecule has 0 bridgehead atoms. The minimum atomic E-state index is -1.21. The van der Waals surface area contributed by atoms with Gasteiger partial charge in [0.05, 0.1) is 6.04 Å². The molecule has 7 heteroatoms. The topological polar surface area (TPSA) is 102 Å². The zero-order valence-corrected chi connectivity index (χ0v) is 12.5. The lowest BCUT2D eigenvalue weighted by Gasteiger charge is -2.41. The lowest BCUT2D eigenvalue weighted by molar-refractivity contribution is -0.156. The number of hydrogen-bond acceptors (Lipinski definition) is 6. The number of nitrogens with one attached hydrogen (secondary N) is 1. The molecule has 1 rings (SSSR count). The first-order chi connectivity index (χ1) is 9.18. The summed E-state index contributed by atoms with van der Waals surface area (Å²) in [7, 11) is 1.35. The SMILES string of the molecule is COC(O)NC(C(O)N1CCCC1C(=O)O)C(C)(C)C. The number of aliphatic carboxylic acids is 1. The standard InChI is InChI=1S/C13H26N2O5/c1-13(2,3)9(14-12(19)20-4)10(16)15-7-5-6-8(15)11(17)18/h8-10,12,14,16,19H,5-7H2,1-4H3,(H,17,18). The Bertz CT molecular complexity index is 331. The van der Waals surface area contributed by atoms with E-state index in [2.05, 4.69) is 5.32 Å². The Morgan fingerprint density at radius 2 is 2.00 bits per heavy atom. The van der Waals surface area contributed by atoms with Crippen molar-refractivity contribution in [2.75, 3.05) is 13.7 Å². The molecule has 118 valence electrons. The second-order valence-electron chi connectivity index (χ2n) is 6.25. The summed E-state index contributed by atoms with van der Waals surface area (Å²) in [4.78, 5) is 12.8. The molecule has 4 unspecified atom stereocenters. The third-order valence-electron chi connectivity index (χ3n) is 3.70. The average molecular weight is 290 g/mol. The van der Waals surface area contributed by atoms with Crippen LogP contribution in [0.25, 0.3) is 0 Å². The lowest BCUT2D eigenvalue weighted by Crippen LogP contribution is -2.60. The summed E-state index contributed by atoms with van der Waals surface area (Å²) >= 11 is 0. The van der Waals surface area contributed by atoms with Gasteiger partial charge in [-0.15, -0.1) is 0 Å². The number of likely N-dealkylation sites (tertiary alicyclic amines) is 1. The predicted octanol–water partition coefficient (Wildman–Crippen LogP) is -0.220. The van der Waals surface area contributed by atoms with Crippen LogP contribution in [0.15, 0.2) is 0 Å². The molecule has 0 aliphatic carbocycles. The highest BCUT2D eigenvalue weighted by Crippen LogP contribution is 2.28. The van der Waals surface area contributed by atoms with Crippen LogP contribution in [-0.2, 0) is 9.53 Å². The van der Waals surface area contributed by atoms with Gasteiger partial charge in [0.15, 0.2) is 0 Å². The second-order valence-corrected chi connectivity index (χ2v) is 6.25. The largest absolute Gasteiger partial charge is 0.480 e. The van der Waals surface area contributed by atoms with Gasteiger partial charge >= 0.3 is 5.97 Å². The van der Waals surface area contributed by atoms with E-state index in [1.807, 2.05) is 20.8 Å². The number of ether oxygens (including phenoxy) is 1. The molecule has 0 saturated carbocycles. The molecule has 1 fully saturated rings. The normalized spacial score (nSPS) is 25.4. The van der Waals surface area contributed by atoms with E-state index in [1.165, 1.54) is 7.11 Å². The van der Waals surface area contributed by atoms with E-state index < -0.39 is 30.7 Å². The molecule has 1 saturated heterocycles. The van der Waals surface area contributed by atoms with Crippen molar-refractivity contribution < 1.29 is 24.9 Å². The number of hydrogen-bond donors (Lipinski definition) is 4. The number of aliphatic hydroxyl groups is 2. The monoisotopic (exact) mass is 290 g/mol. The van der Waals surface area contributed by atoms with Gasteiger partial charge in [0, 0.05) is 13.7 Å². The van der Waals surface area contributed by atoms with E-state index in [1.54, 1.807) is 4.90 Å². The molecular formula is C13H26N2O5.